The molecular formula is C13H18N2O. The molecule has 2 aliphatic rings. The van der Waals surface area contributed by atoms with Crippen LogP contribution in [0.25, 0.3) is 0 Å². The van der Waals surface area contributed by atoms with Gasteiger partial charge in [0.1, 0.15) is 5.75 Å². The largest absolute Gasteiger partial charge is 0.496 e. The van der Waals surface area contributed by atoms with E-state index < -0.39 is 0 Å². The Morgan fingerprint density at radius 1 is 1.38 bits per heavy atom. The lowest BCUT2D eigenvalue weighted by molar-refractivity contribution is 0.395. The topological polar surface area (TPSA) is 47.3 Å². The van der Waals surface area contributed by atoms with Crippen LogP contribution < -0.4 is 15.8 Å². The van der Waals surface area contributed by atoms with Crippen LogP contribution in [0.1, 0.15) is 30.0 Å². The Kier molecular flexibility index (Phi) is 2.28. The third-order valence-electron chi connectivity index (χ3n) is 3.71. The maximum Gasteiger partial charge on any atom is 0.122 e. The summed E-state index contributed by atoms with van der Waals surface area (Å²) < 4.78 is 5.43. The van der Waals surface area contributed by atoms with Crippen molar-refractivity contribution < 1.29 is 4.74 Å². The van der Waals surface area contributed by atoms with Crippen LogP contribution in [-0.2, 0) is 6.42 Å². The third kappa shape index (κ3) is 1.47. The van der Waals surface area contributed by atoms with E-state index in [1.54, 1.807) is 7.11 Å². The van der Waals surface area contributed by atoms with Crippen molar-refractivity contribution in [3.05, 3.63) is 23.3 Å². The first-order valence-corrected chi connectivity index (χ1v) is 6.00. The number of nitrogen functional groups attached to an aromatic ring is 1. The Labute approximate surface area is 96.0 Å². The second-order valence-electron chi connectivity index (χ2n) is 4.77. The SMILES string of the molecule is COc1ccc(N)c2c1CCNC2C1CC1. The maximum absolute atomic E-state index is 6.13. The van der Waals surface area contributed by atoms with Gasteiger partial charge in [0.25, 0.3) is 0 Å². The molecule has 0 bridgehead atoms. The molecule has 1 atom stereocenters. The molecular weight excluding hydrogens is 200 g/mol. The van der Waals surface area contributed by atoms with Crippen LogP contribution in [0.2, 0.25) is 0 Å². The molecule has 0 radical (unpaired) electrons. The van der Waals surface area contributed by atoms with Crippen LogP contribution in [-0.4, -0.2) is 13.7 Å². The first-order chi connectivity index (χ1) is 7.81. The maximum atomic E-state index is 6.13. The molecule has 1 aliphatic heterocycles. The number of anilines is 1. The summed E-state index contributed by atoms with van der Waals surface area (Å²) in [6.45, 7) is 1.04. The van der Waals surface area contributed by atoms with Crippen molar-refractivity contribution in [3.8, 4) is 5.75 Å². The van der Waals surface area contributed by atoms with Gasteiger partial charge in [0.15, 0.2) is 0 Å². The van der Waals surface area contributed by atoms with Crippen LogP contribution in [0.4, 0.5) is 5.69 Å². The predicted octanol–water partition coefficient (Wildman–Crippen LogP) is 1.87. The minimum Gasteiger partial charge on any atom is -0.496 e. The number of hydrogen-bond acceptors (Lipinski definition) is 3. The van der Waals surface area contributed by atoms with E-state index in [0.29, 0.717) is 6.04 Å². The van der Waals surface area contributed by atoms with Gasteiger partial charge in [-0.1, -0.05) is 0 Å². The normalized spacial score (nSPS) is 23.9. The quantitative estimate of drug-likeness (QED) is 0.745. The van der Waals surface area contributed by atoms with Gasteiger partial charge in [0, 0.05) is 17.3 Å². The number of fused-ring (bicyclic) bond motifs is 1. The number of rotatable bonds is 2. The zero-order valence-electron chi connectivity index (χ0n) is 9.62. The first-order valence-electron chi connectivity index (χ1n) is 6.00. The lowest BCUT2D eigenvalue weighted by atomic mass is 9.89. The zero-order valence-corrected chi connectivity index (χ0v) is 9.62. The van der Waals surface area contributed by atoms with Gasteiger partial charge < -0.3 is 15.8 Å². The van der Waals surface area contributed by atoms with Crippen LogP contribution in [0.3, 0.4) is 0 Å². The molecule has 3 N–H and O–H groups in total. The summed E-state index contributed by atoms with van der Waals surface area (Å²) in [6, 6.07) is 4.42. The summed E-state index contributed by atoms with van der Waals surface area (Å²) in [5, 5.41) is 3.59. The van der Waals surface area contributed by atoms with Crippen LogP contribution >= 0.6 is 0 Å². The highest BCUT2D eigenvalue weighted by atomic mass is 16.5. The van der Waals surface area contributed by atoms with E-state index in [1.807, 2.05) is 12.1 Å². The Hall–Kier alpha value is -1.22. The summed E-state index contributed by atoms with van der Waals surface area (Å²) in [5.41, 5.74) is 9.66. The fourth-order valence-electron chi connectivity index (χ4n) is 2.77. The minimum atomic E-state index is 0.457. The van der Waals surface area contributed by atoms with Crippen molar-refractivity contribution in [3.63, 3.8) is 0 Å². The van der Waals surface area contributed by atoms with Gasteiger partial charge in [0.2, 0.25) is 0 Å². The molecule has 1 aromatic carbocycles. The number of ether oxygens (including phenoxy) is 1. The lowest BCUT2D eigenvalue weighted by Gasteiger charge is -2.29. The van der Waals surface area contributed by atoms with Crippen LogP contribution in [0, 0.1) is 5.92 Å². The minimum absolute atomic E-state index is 0.457. The van der Waals surface area contributed by atoms with E-state index in [4.69, 9.17) is 10.5 Å². The standard InChI is InChI=1S/C13H18N2O/c1-16-11-5-4-10(14)12-9(11)6-7-15-13(12)8-2-3-8/h4-5,8,13,15H,2-3,6-7,14H2,1H3. The molecule has 1 aromatic rings. The van der Waals surface area contributed by atoms with Crippen molar-refractivity contribution in [2.45, 2.75) is 25.3 Å². The second-order valence-corrected chi connectivity index (χ2v) is 4.77. The molecule has 0 amide bonds. The van der Waals surface area contributed by atoms with E-state index in [0.717, 1.165) is 30.3 Å². The van der Waals surface area contributed by atoms with E-state index >= 15 is 0 Å². The molecule has 1 unspecified atom stereocenters. The van der Waals surface area contributed by atoms with Gasteiger partial charge in [-0.15, -0.1) is 0 Å². The molecule has 1 heterocycles. The molecule has 3 rings (SSSR count). The van der Waals surface area contributed by atoms with Crippen molar-refractivity contribution in [2.75, 3.05) is 19.4 Å². The molecule has 0 spiro atoms. The summed E-state index contributed by atoms with van der Waals surface area (Å²) in [5.74, 6) is 1.78. The summed E-state index contributed by atoms with van der Waals surface area (Å²) in [6.07, 6.45) is 3.67. The summed E-state index contributed by atoms with van der Waals surface area (Å²) >= 11 is 0. The summed E-state index contributed by atoms with van der Waals surface area (Å²) in [4.78, 5) is 0. The van der Waals surface area contributed by atoms with Gasteiger partial charge in [-0.2, -0.15) is 0 Å². The zero-order chi connectivity index (χ0) is 11.1. The van der Waals surface area contributed by atoms with Gasteiger partial charge in [-0.3, -0.25) is 0 Å². The Morgan fingerprint density at radius 2 is 2.19 bits per heavy atom. The molecule has 0 saturated heterocycles. The number of nitrogens with one attached hydrogen (secondary N) is 1. The van der Waals surface area contributed by atoms with Gasteiger partial charge >= 0.3 is 0 Å². The Balaban J connectivity index is 2.10. The Morgan fingerprint density at radius 3 is 2.88 bits per heavy atom. The highest BCUT2D eigenvalue weighted by Gasteiger charge is 2.36. The van der Waals surface area contributed by atoms with Gasteiger partial charge in [0.05, 0.1) is 7.11 Å². The predicted molar refractivity (Wildman–Crippen MR) is 64.6 cm³/mol. The van der Waals surface area contributed by atoms with Crippen LogP contribution in [0.15, 0.2) is 12.1 Å². The molecule has 1 aliphatic carbocycles. The lowest BCUT2D eigenvalue weighted by Crippen LogP contribution is -2.32. The average molecular weight is 218 g/mol. The van der Waals surface area contributed by atoms with Crippen molar-refractivity contribution in [1.82, 2.24) is 5.32 Å². The highest BCUT2D eigenvalue weighted by Crippen LogP contribution is 2.46. The van der Waals surface area contributed by atoms with Crippen molar-refractivity contribution in [1.29, 1.82) is 0 Å². The van der Waals surface area contributed by atoms with E-state index in [2.05, 4.69) is 5.32 Å². The molecule has 1 saturated carbocycles. The van der Waals surface area contributed by atoms with Gasteiger partial charge in [-0.05, 0) is 49.4 Å². The fourth-order valence-corrected chi connectivity index (χ4v) is 2.77. The van der Waals surface area contributed by atoms with E-state index in [9.17, 15) is 0 Å². The molecule has 3 nitrogen and oxygen atoms in total. The first kappa shape index (κ1) is 9.97. The number of nitrogens with two attached hydrogens (primary N) is 1. The number of hydrogen-bond donors (Lipinski definition) is 2. The number of methoxy groups -OCH3 is 1. The van der Waals surface area contributed by atoms with Crippen molar-refractivity contribution in [2.24, 2.45) is 5.92 Å². The number of benzene rings is 1. The third-order valence-corrected chi connectivity index (χ3v) is 3.71. The summed E-state index contributed by atoms with van der Waals surface area (Å²) in [7, 11) is 1.74. The van der Waals surface area contributed by atoms with E-state index in [-0.39, 0.29) is 0 Å². The van der Waals surface area contributed by atoms with Crippen LogP contribution in [0.5, 0.6) is 5.75 Å². The smallest absolute Gasteiger partial charge is 0.122 e. The Bertz CT molecular complexity index is 413. The molecule has 86 valence electrons. The molecule has 3 heteroatoms. The molecule has 0 aromatic heterocycles. The van der Waals surface area contributed by atoms with E-state index in [1.165, 1.54) is 24.0 Å². The second kappa shape index (κ2) is 3.67. The van der Waals surface area contributed by atoms with Gasteiger partial charge in [-0.25, -0.2) is 0 Å². The molecule has 1 fully saturated rings. The monoisotopic (exact) mass is 218 g/mol. The fraction of sp³-hybridized carbons (Fsp3) is 0.538. The van der Waals surface area contributed by atoms with Crippen molar-refractivity contribution >= 4 is 5.69 Å². The average Bonchev–Trinajstić information content (AvgIpc) is 3.13. The highest BCUT2D eigenvalue weighted by molar-refractivity contribution is 5.59. The molecule has 16 heavy (non-hydrogen) atoms.